The van der Waals surface area contributed by atoms with Crippen LogP contribution < -0.4 is 5.32 Å². The van der Waals surface area contributed by atoms with Crippen LogP contribution in [0, 0.1) is 25.5 Å². The molecular formula is C21H21F2N3O. The van der Waals surface area contributed by atoms with E-state index in [-0.39, 0.29) is 24.4 Å². The summed E-state index contributed by atoms with van der Waals surface area (Å²) >= 11 is 0. The highest BCUT2D eigenvalue weighted by molar-refractivity contribution is 5.76. The summed E-state index contributed by atoms with van der Waals surface area (Å²) in [4.78, 5) is 12.0. The monoisotopic (exact) mass is 369 g/mol. The Balaban J connectivity index is 1.54. The van der Waals surface area contributed by atoms with Gasteiger partial charge in [0.25, 0.3) is 0 Å². The molecule has 3 rings (SSSR count). The first-order valence-corrected chi connectivity index (χ1v) is 8.76. The van der Waals surface area contributed by atoms with Gasteiger partial charge in [-0.3, -0.25) is 4.79 Å². The number of hydrogen-bond donors (Lipinski definition) is 1. The molecule has 0 aliphatic carbocycles. The highest BCUT2D eigenvalue weighted by atomic mass is 19.1. The van der Waals surface area contributed by atoms with E-state index in [0.29, 0.717) is 6.42 Å². The summed E-state index contributed by atoms with van der Waals surface area (Å²) in [6.45, 7) is 3.79. The lowest BCUT2D eigenvalue weighted by molar-refractivity contribution is -0.121. The molecule has 1 amide bonds. The molecule has 0 atom stereocenters. The summed E-state index contributed by atoms with van der Waals surface area (Å²) in [5.74, 6) is -1.56. The number of benzene rings is 2. The van der Waals surface area contributed by atoms with Gasteiger partial charge in [0.15, 0.2) is 0 Å². The highest BCUT2D eigenvalue weighted by Gasteiger charge is 2.10. The van der Waals surface area contributed by atoms with Crippen molar-refractivity contribution in [2.75, 3.05) is 0 Å². The predicted molar refractivity (Wildman–Crippen MR) is 99.6 cm³/mol. The van der Waals surface area contributed by atoms with Crippen molar-refractivity contribution in [1.82, 2.24) is 15.1 Å². The minimum absolute atomic E-state index is 0.125. The van der Waals surface area contributed by atoms with Crippen molar-refractivity contribution in [3.05, 3.63) is 82.7 Å². The lowest BCUT2D eigenvalue weighted by Gasteiger charge is -2.08. The van der Waals surface area contributed by atoms with Gasteiger partial charge in [-0.2, -0.15) is 5.10 Å². The lowest BCUT2D eigenvalue weighted by Crippen LogP contribution is -2.24. The molecule has 0 bridgehead atoms. The van der Waals surface area contributed by atoms with Crippen molar-refractivity contribution in [1.29, 1.82) is 0 Å². The van der Waals surface area contributed by atoms with Crippen molar-refractivity contribution in [2.45, 2.75) is 33.2 Å². The quantitative estimate of drug-likeness (QED) is 0.713. The van der Waals surface area contributed by atoms with Crippen LogP contribution in [-0.2, 0) is 17.8 Å². The van der Waals surface area contributed by atoms with Crippen LogP contribution in [-0.4, -0.2) is 15.7 Å². The zero-order chi connectivity index (χ0) is 19.4. The Bertz CT molecular complexity index is 928. The fourth-order valence-electron chi connectivity index (χ4n) is 2.93. The van der Waals surface area contributed by atoms with Gasteiger partial charge in [0.2, 0.25) is 5.91 Å². The molecule has 0 saturated carbocycles. The third-order valence-electron chi connectivity index (χ3n) is 4.36. The average Bonchev–Trinajstić information content (AvgIpc) is 2.98. The molecule has 0 aliphatic rings. The molecule has 1 aromatic heterocycles. The van der Waals surface area contributed by atoms with Gasteiger partial charge in [0.1, 0.15) is 11.6 Å². The first-order valence-electron chi connectivity index (χ1n) is 8.76. The highest BCUT2D eigenvalue weighted by Crippen LogP contribution is 2.14. The van der Waals surface area contributed by atoms with E-state index in [1.807, 2.05) is 48.9 Å². The molecule has 1 N–H and O–H groups in total. The van der Waals surface area contributed by atoms with Crippen LogP contribution in [0.5, 0.6) is 0 Å². The maximum atomic E-state index is 13.6. The van der Waals surface area contributed by atoms with Crippen molar-refractivity contribution >= 4 is 5.91 Å². The Hall–Kier alpha value is -3.02. The maximum Gasteiger partial charge on any atom is 0.220 e. The second-order valence-electron chi connectivity index (χ2n) is 6.48. The van der Waals surface area contributed by atoms with Gasteiger partial charge < -0.3 is 5.32 Å². The van der Waals surface area contributed by atoms with E-state index in [4.69, 9.17) is 0 Å². The van der Waals surface area contributed by atoms with Crippen molar-refractivity contribution in [2.24, 2.45) is 0 Å². The maximum absolute atomic E-state index is 13.6. The fraction of sp³-hybridized carbons (Fsp3) is 0.238. The summed E-state index contributed by atoms with van der Waals surface area (Å²) < 4.78 is 29.0. The molecule has 27 heavy (non-hydrogen) atoms. The zero-order valence-corrected chi connectivity index (χ0v) is 15.3. The van der Waals surface area contributed by atoms with Gasteiger partial charge in [-0.1, -0.05) is 18.2 Å². The van der Waals surface area contributed by atoms with E-state index in [1.165, 1.54) is 18.2 Å². The van der Waals surface area contributed by atoms with Crippen LogP contribution in [0.1, 0.15) is 28.9 Å². The van der Waals surface area contributed by atoms with E-state index in [9.17, 15) is 13.6 Å². The Morgan fingerprint density at radius 1 is 1.07 bits per heavy atom. The Labute approximate surface area is 156 Å². The van der Waals surface area contributed by atoms with Gasteiger partial charge in [-0.05, 0) is 56.2 Å². The average molecular weight is 369 g/mol. The molecule has 0 saturated heterocycles. The predicted octanol–water partition coefficient (Wildman–Crippen LogP) is 4.02. The summed E-state index contributed by atoms with van der Waals surface area (Å²) in [6.07, 6.45) is 0.790. The summed E-state index contributed by atoms with van der Waals surface area (Å²) in [5.41, 5.74) is 3.86. The minimum Gasteiger partial charge on any atom is -0.352 e. The first-order chi connectivity index (χ1) is 12.9. The van der Waals surface area contributed by atoms with E-state index in [1.54, 1.807) is 0 Å². The minimum atomic E-state index is -0.657. The molecule has 2 aromatic carbocycles. The second kappa shape index (κ2) is 8.12. The van der Waals surface area contributed by atoms with Crippen LogP contribution >= 0.6 is 0 Å². The molecule has 3 aromatic rings. The van der Waals surface area contributed by atoms with Crippen molar-refractivity contribution < 1.29 is 13.6 Å². The number of nitrogens with one attached hydrogen (secondary N) is 1. The number of hydrogen-bond acceptors (Lipinski definition) is 2. The SMILES string of the molecule is Cc1cc(C)n(-c2ccc(CCC(=O)NCc3c(F)cccc3F)cc2)n1. The molecule has 0 spiro atoms. The van der Waals surface area contributed by atoms with Gasteiger partial charge in [-0.15, -0.1) is 0 Å². The molecule has 6 heteroatoms. The van der Waals surface area contributed by atoms with Crippen LogP contribution in [0.2, 0.25) is 0 Å². The number of rotatable bonds is 6. The molecule has 0 unspecified atom stereocenters. The third kappa shape index (κ3) is 4.58. The van der Waals surface area contributed by atoms with Crippen LogP contribution in [0.4, 0.5) is 8.78 Å². The Morgan fingerprint density at radius 3 is 2.33 bits per heavy atom. The van der Waals surface area contributed by atoms with Gasteiger partial charge in [0.05, 0.1) is 11.4 Å². The summed E-state index contributed by atoms with van der Waals surface area (Å²) in [5, 5.41) is 7.01. The largest absolute Gasteiger partial charge is 0.352 e. The number of halogens is 2. The third-order valence-corrected chi connectivity index (χ3v) is 4.36. The number of aryl methyl sites for hydroxylation is 3. The van der Waals surface area contributed by atoms with Gasteiger partial charge >= 0.3 is 0 Å². The molecule has 0 fully saturated rings. The van der Waals surface area contributed by atoms with Crippen molar-refractivity contribution in [3.8, 4) is 5.69 Å². The summed E-state index contributed by atoms with van der Waals surface area (Å²) in [6, 6.07) is 13.5. The number of aromatic nitrogens is 2. The smallest absolute Gasteiger partial charge is 0.220 e. The Morgan fingerprint density at radius 2 is 1.74 bits per heavy atom. The van der Waals surface area contributed by atoms with E-state index in [0.717, 1.165) is 22.6 Å². The lowest BCUT2D eigenvalue weighted by atomic mass is 10.1. The first kappa shape index (κ1) is 18.8. The fourth-order valence-corrected chi connectivity index (χ4v) is 2.93. The molecule has 4 nitrogen and oxygen atoms in total. The van der Waals surface area contributed by atoms with Gasteiger partial charge in [0, 0.05) is 24.2 Å². The number of amides is 1. The number of nitrogens with zero attached hydrogens (tertiary/aromatic N) is 2. The normalized spacial score (nSPS) is 10.8. The molecule has 140 valence electrons. The van der Waals surface area contributed by atoms with Crippen LogP contribution in [0.25, 0.3) is 5.69 Å². The van der Waals surface area contributed by atoms with Gasteiger partial charge in [-0.25, -0.2) is 13.5 Å². The standard InChI is InChI=1S/C21H21F2N3O/c1-14-12-15(2)26(25-14)17-9-6-16(7-10-17)8-11-21(27)24-13-18-19(22)4-3-5-20(18)23/h3-7,9-10,12H,8,11,13H2,1-2H3,(H,24,27). The number of carbonyl (C=O) groups is 1. The van der Waals surface area contributed by atoms with Crippen molar-refractivity contribution in [3.63, 3.8) is 0 Å². The van der Waals surface area contributed by atoms with E-state index in [2.05, 4.69) is 10.4 Å². The second-order valence-corrected chi connectivity index (χ2v) is 6.48. The summed E-state index contributed by atoms with van der Waals surface area (Å²) in [7, 11) is 0. The van der Waals surface area contributed by atoms with E-state index < -0.39 is 11.6 Å². The number of carbonyl (C=O) groups excluding carboxylic acids is 1. The topological polar surface area (TPSA) is 46.9 Å². The zero-order valence-electron chi connectivity index (χ0n) is 15.3. The molecule has 0 radical (unpaired) electrons. The van der Waals surface area contributed by atoms with Crippen LogP contribution in [0.15, 0.2) is 48.5 Å². The van der Waals surface area contributed by atoms with Crippen LogP contribution in [0.3, 0.4) is 0 Å². The molecular weight excluding hydrogens is 348 g/mol. The Kier molecular flexibility index (Phi) is 5.64. The molecule has 0 aliphatic heterocycles. The van der Waals surface area contributed by atoms with E-state index >= 15 is 0 Å². The molecule has 1 heterocycles.